The molecule has 1 aliphatic heterocycles. The quantitative estimate of drug-likeness (QED) is 0.393. The maximum absolute atomic E-state index is 5.95. The SMILES string of the molecule is CCC[CH2][Sn]([CH2]CCC)([CH2]CCC)[C@]1(C)CO1. The van der Waals surface area contributed by atoms with E-state index in [1.807, 2.05) is 0 Å². The summed E-state index contributed by atoms with van der Waals surface area (Å²) >= 11 is -2.02. The van der Waals surface area contributed by atoms with Gasteiger partial charge in [-0.05, 0) is 0 Å². The van der Waals surface area contributed by atoms with Gasteiger partial charge in [0.25, 0.3) is 0 Å². The molecule has 1 saturated heterocycles. The van der Waals surface area contributed by atoms with E-state index >= 15 is 0 Å². The van der Waals surface area contributed by atoms with E-state index in [4.69, 9.17) is 4.74 Å². The molecule has 0 aromatic rings. The van der Waals surface area contributed by atoms with Crippen LogP contribution in [0.15, 0.2) is 0 Å². The van der Waals surface area contributed by atoms with Gasteiger partial charge in [0, 0.05) is 0 Å². The van der Waals surface area contributed by atoms with Gasteiger partial charge in [-0.1, -0.05) is 0 Å². The summed E-state index contributed by atoms with van der Waals surface area (Å²) in [5.74, 6) is 0. The van der Waals surface area contributed by atoms with E-state index in [0.29, 0.717) is 3.62 Å². The van der Waals surface area contributed by atoms with Crippen molar-refractivity contribution in [2.24, 2.45) is 0 Å². The standard InChI is InChI=1S/3C4H9.C3H5O.Sn/c3*1-3-4-2;1-3-2-4-3;/h3*1,3-4H2,2H3;2H2,1H3;. The molecule has 1 atom stereocenters. The summed E-state index contributed by atoms with van der Waals surface area (Å²) < 4.78 is 11.1. The van der Waals surface area contributed by atoms with Crippen molar-refractivity contribution < 1.29 is 4.74 Å². The zero-order chi connectivity index (χ0) is 12.8. The Kier molecular flexibility index (Phi) is 6.86. The van der Waals surface area contributed by atoms with Gasteiger partial charge in [-0.3, -0.25) is 0 Å². The van der Waals surface area contributed by atoms with Crippen molar-refractivity contribution in [1.29, 1.82) is 0 Å². The third-order valence-corrected chi connectivity index (χ3v) is 23.2. The summed E-state index contributed by atoms with van der Waals surface area (Å²) in [6.45, 7) is 10.6. The van der Waals surface area contributed by atoms with Crippen LogP contribution in [0.4, 0.5) is 0 Å². The molecule has 1 aliphatic rings. The van der Waals surface area contributed by atoms with Gasteiger partial charge in [-0.2, -0.15) is 0 Å². The third-order valence-electron chi connectivity index (χ3n) is 4.73. The zero-order valence-corrected chi connectivity index (χ0v) is 15.3. The van der Waals surface area contributed by atoms with Gasteiger partial charge in [0.1, 0.15) is 0 Å². The van der Waals surface area contributed by atoms with Gasteiger partial charge in [0.15, 0.2) is 0 Å². The molecule has 0 bridgehead atoms. The first-order valence-electron chi connectivity index (χ1n) is 7.78. The predicted octanol–water partition coefficient (Wildman–Crippen LogP) is 5.16. The molecule has 1 heterocycles. The fourth-order valence-electron chi connectivity index (χ4n) is 3.13. The Balaban J connectivity index is 2.68. The van der Waals surface area contributed by atoms with Gasteiger partial charge in [-0.15, -0.1) is 0 Å². The monoisotopic (exact) mass is 348 g/mol. The molecular weight excluding hydrogens is 315 g/mol. The Bertz CT molecular complexity index is 189. The van der Waals surface area contributed by atoms with Crippen LogP contribution in [0, 0.1) is 0 Å². The van der Waals surface area contributed by atoms with Crippen molar-refractivity contribution in [2.75, 3.05) is 6.61 Å². The zero-order valence-electron chi connectivity index (χ0n) is 12.5. The van der Waals surface area contributed by atoms with Crippen LogP contribution in [0.1, 0.15) is 66.2 Å². The summed E-state index contributed by atoms with van der Waals surface area (Å²) in [6.07, 6.45) is 8.49. The van der Waals surface area contributed by atoms with Crippen LogP contribution in [0.5, 0.6) is 0 Å². The van der Waals surface area contributed by atoms with E-state index in [1.165, 1.54) is 38.5 Å². The fraction of sp³-hybridized carbons (Fsp3) is 1.00. The van der Waals surface area contributed by atoms with Gasteiger partial charge >= 0.3 is 113 Å². The van der Waals surface area contributed by atoms with Crippen LogP contribution in [-0.4, -0.2) is 28.6 Å². The molecule has 1 nitrogen and oxygen atoms in total. The molecule has 0 aromatic carbocycles. The molecule has 0 spiro atoms. The Morgan fingerprint density at radius 3 is 1.47 bits per heavy atom. The van der Waals surface area contributed by atoms with E-state index in [9.17, 15) is 0 Å². The molecule has 0 unspecified atom stereocenters. The minimum atomic E-state index is -2.02. The topological polar surface area (TPSA) is 12.5 Å². The van der Waals surface area contributed by atoms with Crippen molar-refractivity contribution in [3.63, 3.8) is 0 Å². The number of hydrogen-bond acceptors (Lipinski definition) is 1. The molecule has 17 heavy (non-hydrogen) atoms. The van der Waals surface area contributed by atoms with E-state index in [2.05, 4.69) is 27.7 Å². The first-order chi connectivity index (χ1) is 8.14. The van der Waals surface area contributed by atoms with Crippen molar-refractivity contribution in [2.45, 2.75) is 83.1 Å². The van der Waals surface area contributed by atoms with Crippen LogP contribution < -0.4 is 0 Å². The Morgan fingerprint density at radius 1 is 0.882 bits per heavy atom. The number of rotatable bonds is 10. The van der Waals surface area contributed by atoms with Crippen molar-refractivity contribution in [3.05, 3.63) is 0 Å². The maximum atomic E-state index is 5.95. The number of ether oxygens (including phenoxy) is 1. The minimum absolute atomic E-state index is 0.425. The van der Waals surface area contributed by atoms with Crippen molar-refractivity contribution >= 4 is 18.4 Å². The van der Waals surface area contributed by atoms with Gasteiger partial charge in [0.05, 0.1) is 0 Å². The van der Waals surface area contributed by atoms with E-state index < -0.39 is 18.4 Å². The second-order valence-corrected chi connectivity index (χ2v) is 20.7. The Hall–Kier alpha value is 0.759. The van der Waals surface area contributed by atoms with Gasteiger partial charge in [0.2, 0.25) is 0 Å². The molecule has 1 rings (SSSR count). The van der Waals surface area contributed by atoms with Crippen LogP contribution in [0.25, 0.3) is 0 Å². The average Bonchev–Trinajstić information content (AvgIpc) is 3.08. The van der Waals surface area contributed by atoms with Crippen LogP contribution >= 0.6 is 0 Å². The first kappa shape index (κ1) is 15.8. The second kappa shape index (κ2) is 7.37. The summed E-state index contributed by atoms with van der Waals surface area (Å²) in [5.41, 5.74) is 0. The second-order valence-electron chi connectivity index (χ2n) is 6.11. The average molecular weight is 347 g/mol. The fourth-order valence-corrected chi connectivity index (χ4v) is 20.6. The van der Waals surface area contributed by atoms with E-state index in [-0.39, 0.29) is 0 Å². The molecule has 1 fully saturated rings. The van der Waals surface area contributed by atoms with Crippen LogP contribution in [0.3, 0.4) is 0 Å². The van der Waals surface area contributed by atoms with Gasteiger partial charge < -0.3 is 0 Å². The molecule has 0 saturated carbocycles. The molecule has 0 radical (unpaired) electrons. The summed E-state index contributed by atoms with van der Waals surface area (Å²) in [4.78, 5) is 0. The van der Waals surface area contributed by atoms with Crippen molar-refractivity contribution in [3.8, 4) is 0 Å². The molecule has 2 heteroatoms. The third kappa shape index (κ3) is 4.12. The molecule has 0 N–H and O–H groups in total. The van der Waals surface area contributed by atoms with Crippen LogP contribution in [-0.2, 0) is 4.74 Å². The molecule has 0 aliphatic carbocycles. The first-order valence-corrected chi connectivity index (χ1v) is 15.3. The normalized spacial score (nSPS) is 24.0. The molecular formula is C15H32OSn. The number of epoxide rings is 1. The number of hydrogen-bond donors (Lipinski definition) is 0. The molecule has 102 valence electrons. The summed E-state index contributed by atoms with van der Waals surface area (Å²) in [5, 5.41) is 0. The van der Waals surface area contributed by atoms with Crippen molar-refractivity contribution in [1.82, 2.24) is 0 Å². The molecule has 0 amide bonds. The Morgan fingerprint density at radius 2 is 1.24 bits per heavy atom. The number of unbranched alkanes of at least 4 members (excludes halogenated alkanes) is 3. The summed E-state index contributed by atoms with van der Waals surface area (Å²) in [6, 6.07) is 0. The predicted molar refractivity (Wildman–Crippen MR) is 79.3 cm³/mol. The Labute approximate surface area is 113 Å². The van der Waals surface area contributed by atoms with Crippen LogP contribution in [0.2, 0.25) is 13.3 Å². The molecule has 0 aromatic heterocycles. The van der Waals surface area contributed by atoms with E-state index in [0.717, 1.165) is 6.61 Å². The van der Waals surface area contributed by atoms with Gasteiger partial charge in [-0.25, -0.2) is 0 Å². The summed E-state index contributed by atoms with van der Waals surface area (Å²) in [7, 11) is 0. The van der Waals surface area contributed by atoms with E-state index in [1.54, 1.807) is 13.3 Å².